The first-order valence-corrected chi connectivity index (χ1v) is 8.22. The van der Waals surface area contributed by atoms with E-state index in [9.17, 15) is 9.18 Å². The highest BCUT2D eigenvalue weighted by Crippen LogP contribution is 2.21. The van der Waals surface area contributed by atoms with Gasteiger partial charge in [0, 0.05) is 5.56 Å². The predicted octanol–water partition coefficient (Wildman–Crippen LogP) is 2.97. The quantitative estimate of drug-likeness (QED) is 0.687. The lowest BCUT2D eigenvalue weighted by Gasteiger charge is -2.13. The Bertz CT molecular complexity index is 911. The summed E-state index contributed by atoms with van der Waals surface area (Å²) in [7, 11) is 1.57. The standard InChI is InChI=1S/C19H18FN3O4/c1-12(26-15-8-6-14(20)7-9-15)19(24)21-11-17-22-18(23-27-17)13-4-3-5-16(10-13)25-2/h3-10,12H,11H2,1-2H3,(H,21,24). The van der Waals surface area contributed by atoms with Crippen LogP contribution in [-0.2, 0) is 11.3 Å². The van der Waals surface area contributed by atoms with Crippen LogP contribution in [0.1, 0.15) is 12.8 Å². The lowest BCUT2D eigenvalue weighted by Crippen LogP contribution is -2.35. The molecular weight excluding hydrogens is 353 g/mol. The summed E-state index contributed by atoms with van der Waals surface area (Å²) < 4.78 is 28.7. The zero-order valence-electron chi connectivity index (χ0n) is 14.8. The molecule has 1 heterocycles. The van der Waals surface area contributed by atoms with E-state index in [-0.39, 0.29) is 24.2 Å². The Morgan fingerprint density at radius 1 is 1.22 bits per heavy atom. The number of nitrogens with one attached hydrogen (secondary N) is 1. The molecule has 0 aliphatic heterocycles. The number of amides is 1. The Labute approximate surface area is 155 Å². The summed E-state index contributed by atoms with van der Waals surface area (Å²) in [6.45, 7) is 1.65. The van der Waals surface area contributed by atoms with Gasteiger partial charge in [-0.1, -0.05) is 17.3 Å². The fraction of sp³-hybridized carbons (Fsp3) is 0.211. The van der Waals surface area contributed by atoms with Gasteiger partial charge in [0.1, 0.15) is 17.3 Å². The zero-order valence-corrected chi connectivity index (χ0v) is 14.8. The van der Waals surface area contributed by atoms with Crippen LogP contribution in [0.5, 0.6) is 11.5 Å². The van der Waals surface area contributed by atoms with Crippen molar-refractivity contribution >= 4 is 5.91 Å². The molecule has 0 fully saturated rings. The molecule has 0 saturated heterocycles. The Balaban J connectivity index is 1.55. The van der Waals surface area contributed by atoms with Crippen molar-refractivity contribution in [1.29, 1.82) is 0 Å². The van der Waals surface area contributed by atoms with E-state index in [2.05, 4.69) is 15.5 Å². The molecule has 1 unspecified atom stereocenters. The summed E-state index contributed by atoms with van der Waals surface area (Å²) in [5, 5.41) is 6.56. The number of carbonyl (C=O) groups is 1. The summed E-state index contributed by atoms with van der Waals surface area (Å²) in [5.74, 6) is 1.00. The fourth-order valence-electron chi connectivity index (χ4n) is 2.28. The number of hydrogen-bond acceptors (Lipinski definition) is 6. The number of nitrogens with zero attached hydrogens (tertiary/aromatic N) is 2. The minimum absolute atomic E-state index is 0.0624. The van der Waals surface area contributed by atoms with Gasteiger partial charge in [-0.2, -0.15) is 4.98 Å². The SMILES string of the molecule is COc1cccc(-c2noc(CNC(=O)C(C)Oc3ccc(F)cc3)n2)c1. The molecule has 3 aromatic rings. The second-order valence-corrected chi connectivity index (χ2v) is 5.68. The molecule has 2 aromatic carbocycles. The van der Waals surface area contributed by atoms with E-state index in [1.807, 2.05) is 18.2 Å². The van der Waals surface area contributed by atoms with Crippen LogP contribution in [0.4, 0.5) is 4.39 Å². The van der Waals surface area contributed by atoms with Crippen molar-refractivity contribution in [2.75, 3.05) is 7.11 Å². The Morgan fingerprint density at radius 2 is 2.00 bits per heavy atom. The van der Waals surface area contributed by atoms with E-state index in [1.165, 1.54) is 24.3 Å². The largest absolute Gasteiger partial charge is 0.497 e. The van der Waals surface area contributed by atoms with Gasteiger partial charge in [0.25, 0.3) is 5.91 Å². The first-order valence-electron chi connectivity index (χ1n) is 8.22. The number of benzene rings is 2. The molecule has 0 radical (unpaired) electrons. The predicted molar refractivity (Wildman–Crippen MR) is 94.6 cm³/mol. The average Bonchev–Trinajstić information content (AvgIpc) is 3.17. The van der Waals surface area contributed by atoms with E-state index >= 15 is 0 Å². The van der Waals surface area contributed by atoms with E-state index in [0.717, 1.165) is 5.56 Å². The summed E-state index contributed by atoms with van der Waals surface area (Å²) in [5.41, 5.74) is 0.740. The number of halogens is 1. The molecule has 0 bridgehead atoms. The van der Waals surface area contributed by atoms with Crippen molar-refractivity contribution in [3.05, 3.63) is 60.2 Å². The smallest absolute Gasteiger partial charge is 0.261 e. The normalized spacial score (nSPS) is 11.7. The topological polar surface area (TPSA) is 86.5 Å². The van der Waals surface area contributed by atoms with Gasteiger partial charge in [0.2, 0.25) is 11.7 Å². The lowest BCUT2D eigenvalue weighted by molar-refractivity contribution is -0.127. The second kappa shape index (κ2) is 8.31. The summed E-state index contributed by atoms with van der Waals surface area (Å²) in [6.07, 6.45) is -0.767. The average molecular weight is 371 g/mol. The van der Waals surface area contributed by atoms with Crippen molar-refractivity contribution < 1.29 is 23.2 Å². The number of carbonyl (C=O) groups excluding carboxylic acids is 1. The highest BCUT2D eigenvalue weighted by molar-refractivity contribution is 5.80. The van der Waals surface area contributed by atoms with Crippen LogP contribution in [0.3, 0.4) is 0 Å². The van der Waals surface area contributed by atoms with E-state index in [0.29, 0.717) is 17.3 Å². The van der Waals surface area contributed by atoms with Crippen LogP contribution < -0.4 is 14.8 Å². The molecule has 7 nitrogen and oxygen atoms in total. The molecule has 3 rings (SSSR count). The lowest BCUT2D eigenvalue weighted by atomic mass is 10.2. The maximum atomic E-state index is 12.9. The van der Waals surface area contributed by atoms with E-state index < -0.39 is 6.10 Å². The molecule has 0 aliphatic carbocycles. The first-order chi connectivity index (χ1) is 13.0. The molecule has 0 aliphatic rings. The molecule has 1 atom stereocenters. The number of methoxy groups -OCH3 is 1. The third-order valence-electron chi connectivity index (χ3n) is 3.71. The van der Waals surface area contributed by atoms with Crippen molar-refractivity contribution in [2.45, 2.75) is 19.6 Å². The van der Waals surface area contributed by atoms with Gasteiger partial charge >= 0.3 is 0 Å². The summed E-state index contributed by atoms with van der Waals surface area (Å²) >= 11 is 0. The Morgan fingerprint density at radius 3 is 2.74 bits per heavy atom. The zero-order chi connectivity index (χ0) is 19.2. The highest BCUT2D eigenvalue weighted by atomic mass is 19.1. The van der Waals surface area contributed by atoms with Crippen molar-refractivity contribution in [1.82, 2.24) is 15.5 Å². The number of aromatic nitrogens is 2. The molecule has 27 heavy (non-hydrogen) atoms. The summed E-state index contributed by atoms with van der Waals surface area (Å²) in [6, 6.07) is 12.7. The fourth-order valence-corrected chi connectivity index (χ4v) is 2.28. The molecular formula is C19H18FN3O4. The monoisotopic (exact) mass is 371 g/mol. The van der Waals surface area contributed by atoms with Gasteiger partial charge in [-0.3, -0.25) is 4.79 Å². The first kappa shape index (κ1) is 18.4. The van der Waals surface area contributed by atoms with E-state index in [4.69, 9.17) is 14.0 Å². The number of hydrogen-bond donors (Lipinski definition) is 1. The minimum atomic E-state index is -0.767. The van der Waals surface area contributed by atoms with Crippen LogP contribution in [0.2, 0.25) is 0 Å². The van der Waals surface area contributed by atoms with Crippen molar-refractivity contribution in [3.8, 4) is 22.9 Å². The summed E-state index contributed by atoms with van der Waals surface area (Å²) in [4.78, 5) is 16.4. The highest BCUT2D eigenvalue weighted by Gasteiger charge is 2.16. The van der Waals surface area contributed by atoms with Crippen molar-refractivity contribution in [3.63, 3.8) is 0 Å². The maximum absolute atomic E-state index is 12.9. The molecule has 0 spiro atoms. The van der Waals surface area contributed by atoms with Gasteiger partial charge in [-0.05, 0) is 43.3 Å². The minimum Gasteiger partial charge on any atom is -0.497 e. The van der Waals surface area contributed by atoms with E-state index in [1.54, 1.807) is 20.1 Å². The Kier molecular flexibility index (Phi) is 5.65. The van der Waals surface area contributed by atoms with Crippen LogP contribution >= 0.6 is 0 Å². The number of ether oxygens (including phenoxy) is 2. The number of rotatable bonds is 7. The van der Waals surface area contributed by atoms with Gasteiger partial charge < -0.3 is 19.3 Å². The molecule has 1 N–H and O–H groups in total. The van der Waals surface area contributed by atoms with Gasteiger partial charge in [0.15, 0.2) is 6.10 Å². The van der Waals surface area contributed by atoms with Gasteiger partial charge in [-0.15, -0.1) is 0 Å². The van der Waals surface area contributed by atoms with Gasteiger partial charge in [0.05, 0.1) is 13.7 Å². The van der Waals surface area contributed by atoms with Crippen molar-refractivity contribution in [2.24, 2.45) is 0 Å². The van der Waals surface area contributed by atoms with Crippen LogP contribution in [0.25, 0.3) is 11.4 Å². The molecule has 1 amide bonds. The van der Waals surface area contributed by atoms with Crippen LogP contribution in [0, 0.1) is 5.82 Å². The molecule has 140 valence electrons. The van der Waals surface area contributed by atoms with Gasteiger partial charge in [-0.25, -0.2) is 4.39 Å². The molecule has 8 heteroatoms. The van der Waals surface area contributed by atoms with Crippen LogP contribution in [-0.4, -0.2) is 29.3 Å². The molecule has 0 saturated carbocycles. The third-order valence-corrected chi connectivity index (χ3v) is 3.71. The second-order valence-electron chi connectivity index (χ2n) is 5.68. The maximum Gasteiger partial charge on any atom is 0.261 e. The third kappa shape index (κ3) is 4.81. The van der Waals surface area contributed by atoms with Crippen LogP contribution in [0.15, 0.2) is 53.1 Å². The Hall–Kier alpha value is -3.42. The molecule has 1 aromatic heterocycles.